The number of nitrogens with zero attached hydrogens (tertiary/aromatic N) is 2. The lowest BCUT2D eigenvalue weighted by molar-refractivity contribution is -0.133. The number of halogens is 1. The van der Waals surface area contributed by atoms with Crippen LogP contribution in [0.1, 0.15) is 10.4 Å². The molecular weight excluding hydrogens is 321 g/mol. The van der Waals surface area contributed by atoms with Crippen molar-refractivity contribution < 1.29 is 24.2 Å². The maximum atomic E-state index is 13.1. The molecule has 2 aromatic rings. The highest BCUT2D eigenvalue weighted by atomic mass is 32.2. The van der Waals surface area contributed by atoms with E-state index in [1.165, 1.54) is 0 Å². The van der Waals surface area contributed by atoms with Gasteiger partial charge in [0.2, 0.25) is 5.13 Å². The zero-order chi connectivity index (χ0) is 15.4. The Bertz CT molecular complexity index is 692. The van der Waals surface area contributed by atoms with E-state index in [1.807, 2.05) is 0 Å². The summed E-state index contributed by atoms with van der Waals surface area (Å²) in [6, 6.07) is 2.99. The second-order valence-corrected chi connectivity index (χ2v) is 5.87. The monoisotopic (exact) mass is 329 g/mol. The first-order valence-corrected chi connectivity index (χ1v) is 7.24. The van der Waals surface area contributed by atoms with Gasteiger partial charge in [0.1, 0.15) is 11.6 Å². The number of carbonyl (C=O) groups excluding carboxylic acids is 1. The van der Waals surface area contributed by atoms with E-state index in [9.17, 15) is 19.1 Å². The second kappa shape index (κ2) is 6.50. The Morgan fingerprint density at radius 2 is 2.14 bits per heavy atom. The van der Waals surface area contributed by atoms with Crippen molar-refractivity contribution in [1.29, 1.82) is 0 Å². The first-order chi connectivity index (χ1) is 9.95. The van der Waals surface area contributed by atoms with Gasteiger partial charge in [0, 0.05) is 0 Å². The van der Waals surface area contributed by atoms with Crippen LogP contribution in [0.3, 0.4) is 0 Å². The Morgan fingerprint density at radius 3 is 2.86 bits per heavy atom. The molecule has 0 spiro atoms. The predicted molar refractivity (Wildman–Crippen MR) is 74.3 cm³/mol. The molecule has 0 aliphatic carbocycles. The zero-order valence-electron chi connectivity index (χ0n) is 10.2. The number of carboxylic acid groups (broad SMARTS) is 1. The molecule has 0 radical (unpaired) electrons. The highest BCUT2D eigenvalue weighted by molar-refractivity contribution is 8.01. The third kappa shape index (κ3) is 4.13. The zero-order valence-corrected chi connectivity index (χ0v) is 11.9. The van der Waals surface area contributed by atoms with Gasteiger partial charge in [-0.05, 0) is 18.2 Å². The molecular formula is C11H8FN3O4S2. The highest BCUT2D eigenvalue weighted by Crippen LogP contribution is 2.26. The van der Waals surface area contributed by atoms with Crippen LogP contribution in [0.15, 0.2) is 22.5 Å². The van der Waals surface area contributed by atoms with Gasteiger partial charge < -0.3 is 10.2 Å². The summed E-state index contributed by atoms with van der Waals surface area (Å²) in [5, 5.41) is 27.9. The standard InChI is InChI=1S/C11H8FN3O4S2/c12-5-1-2-7(16)6(3-5)9(19)13-10-14-15-11(21-10)20-4-8(17)18/h1-3,16H,4H2,(H,17,18)(H,13,14,19). The number of amides is 1. The van der Waals surface area contributed by atoms with Crippen molar-refractivity contribution in [3.05, 3.63) is 29.6 Å². The minimum atomic E-state index is -0.995. The summed E-state index contributed by atoms with van der Waals surface area (Å²) < 4.78 is 13.4. The molecule has 1 amide bonds. The lowest BCUT2D eigenvalue weighted by atomic mass is 10.2. The summed E-state index contributed by atoms with van der Waals surface area (Å²) >= 11 is 1.94. The quantitative estimate of drug-likeness (QED) is 0.566. The van der Waals surface area contributed by atoms with E-state index in [1.54, 1.807) is 0 Å². The summed E-state index contributed by atoms with van der Waals surface area (Å²) in [4.78, 5) is 22.3. The normalized spacial score (nSPS) is 10.3. The summed E-state index contributed by atoms with van der Waals surface area (Å²) in [5.74, 6) is -2.93. The molecule has 3 N–H and O–H groups in total. The third-order valence-corrected chi connectivity index (χ3v) is 4.11. The smallest absolute Gasteiger partial charge is 0.313 e. The lowest BCUT2D eigenvalue weighted by Crippen LogP contribution is -2.12. The van der Waals surface area contributed by atoms with E-state index in [-0.39, 0.29) is 22.2 Å². The van der Waals surface area contributed by atoms with Crippen LogP contribution < -0.4 is 5.32 Å². The Hall–Kier alpha value is -2.20. The van der Waals surface area contributed by atoms with E-state index in [0.29, 0.717) is 4.34 Å². The maximum Gasteiger partial charge on any atom is 0.313 e. The number of hydrogen-bond donors (Lipinski definition) is 3. The SMILES string of the molecule is O=C(O)CSc1nnc(NC(=O)c2cc(F)ccc2O)s1. The van der Waals surface area contributed by atoms with Crippen molar-refractivity contribution >= 4 is 40.1 Å². The number of aromatic hydroxyl groups is 1. The van der Waals surface area contributed by atoms with Crippen LogP contribution >= 0.6 is 23.1 Å². The molecule has 1 heterocycles. The average Bonchev–Trinajstić information content (AvgIpc) is 2.86. The summed E-state index contributed by atoms with van der Waals surface area (Å²) in [6.45, 7) is 0. The van der Waals surface area contributed by atoms with Crippen molar-refractivity contribution in [2.24, 2.45) is 0 Å². The number of aromatic nitrogens is 2. The van der Waals surface area contributed by atoms with E-state index in [0.717, 1.165) is 41.3 Å². The van der Waals surface area contributed by atoms with Crippen molar-refractivity contribution in [2.45, 2.75) is 4.34 Å². The molecule has 0 aliphatic rings. The van der Waals surface area contributed by atoms with Gasteiger partial charge in [-0.15, -0.1) is 10.2 Å². The molecule has 1 aromatic heterocycles. The Balaban J connectivity index is 2.06. The van der Waals surface area contributed by atoms with Crippen LogP contribution in [-0.2, 0) is 4.79 Å². The van der Waals surface area contributed by atoms with Gasteiger partial charge in [-0.3, -0.25) is 14.9 Å². The fourth-order valence-electron chi connectivity index (χ4n) is 1.30. The van der Waals surface area contributed by atoms with Crippen LogP contribution in [0.4, 0.5) is 9.52 Å². The minimum absolute atomic E-state index is 0.122. The number of aliphatic carboxylic acids is 1. The molecule has 2 rings (SSSR count). The summed E-state index contributed by atoms with van der Waals surface area (Å²) in [7, 11) is 0. The van der Waals surface area contributed by atoms with Crippen molar-refractivity contribution in [1.82, 2.24) is 10.2 Å². The fourth-order valence-corrected chi connectivity index (χ4v) is 2.76. The molecule has 0 bridgehead atoms. The van der Waals surface area contributed by atoms with Crippen LogP contribution in [0, 0.1) is 5.82 Å². The number of thioether (sulfide) groups is 1. The lowest BCUT2D eigenvalue weighted by Gasteiger charge is -2.03. The molecule has 0 atom stereocenters. The van der Waals surface area contributed by atoms with E-state index in [2.05, 4.69) is 15.5 Å². The first kappa shape index (κ1) is 15.2. The molecule has 1 aromatic carbocycles. The number of carboxylic acids is 1. The van der Waals surface area contributed by atoms with E-state index in [4.69, 9.17) is 5.11 Å². The van der Waals surface area contributed by atoms with Gasteiger partial charge in [0.05, 0.1) is 11.3 Å². The van der Waals surface area contributed by atoms with Gasteiger partial charge in [0.15, 0.2) is 4.34 Å². The molecule has 10 heteroatoms. The minimum Gasteiger partial charge on any atom is -0.507 e. The van der Waals surface area contributed by atoms with Crippen molar-refractivity contribution in [2.75, 3.05) is 11.1 Å². The largest absolute Gasteiger partial charge is 0.507 e. The third-order valence-electron chi connectivity index (χ3n) is 2.15. The Morgan fingerprint density at radius 1 is 1.38 bits per heavy atom. The molecule has 0 aliphatic heterocycles. The van der Waals surface area contributed by atoms with Crippen molar-refractivity contribution in [3.8, 4) is 5.75 Å². The van der Waals surface area contributed by atoms with Crippen LogP contribution in [0.5, 0.6) is 5.75 Å². The number of phenols is 1. The van der Waals surface area contributed by atoms with Gasteiger partial charge in [0.25, 0.3) is 5.91 Å². The van der Waals surface area contributed by atoms with Gasteiger partial charge in [-0.2, -0.15) is 0 Å². The molecule has 21 heavy (non-hydrogen) atoms. The molecule has 0 fully saturated rings. The van der Waals surface area contributed by atoms with Crippen LogP contribution in [-0.4, -0.2) is 38.0 Å². The number of anilines is 1. The Kier molecular flexibility index (Phi) is 4.70. The molecule has 7 nitrogen and oxygen atoms in total. The fraction of sp³-hybridized carbons (Fsp3) is 0.0909. The number of carbonyl (C=O) groups is 2. The predicted octanol–water partition coefficient (Wildman–Crippen LogP) is 1.81. The van der Waals surface area contributed by atoms with Crippen molar-refractivity contribution in [3.63, 3.8) is 0 Å². The van der Waals surface area contributed by atoms with Gasteiger partial charge >= 0.3 is 5.97 Å². The number of rotatable bonds is 5. The summed E-state index contributed by atoms with van der Waals surface area (Å²) in [6.07, 6.45) is 0. The van der Waals surface area contributed by atoms with Crippen LogP contribution in [0.25, 0.3) is 0 Å². The van der Waals surface area contributed by atoms with Crippen LogP contribution in [0.2, 0.25) is 0 Å². The summed E-state index contributed by atoms with van der Waals surface area (Å²) in [5.41, 5.74) is -0.232. The average molecular weight is 329 g/mol. The maximum absolute atomic E-state index is 13.1. The van der Waals surface area contributed by atoms with Gasteiger partial charge in [-0.1, -0.05) is 23.1 Å². The Labute approximate surface area is 125 Å². The number of nitrogens with one attached hydrogen (secondary N) is 1. The molecule has 0 saturated heterocycles. The number of phenolic OH excluding ortho intramolecular Hbond substituents is 1. The first-order valence-electron chi connectivity index (χ1n) is 5.43. The number of benzene rings is 1. The van der Waals surface area contributed by atoms with E-state index >= 15 is 0 Å². The molecule has 0 saturated carbocycles. The van der Waals surface area contributed by atoms with Gasteiger partial charge in [-0.25, -0.2) is 4.39 Å². The second-order valence-electron chi connectivity index (χ2n) is 3.67. The molecule has 0 unspecified atom stereocenters. The van der Waals surface area contributed by atoms with E-state index < -0.39 is 17.7 Å². The topological polar surface area (TPSA) is 112 Å². The highest BCUT2D eigenvalue weighted by Gasteiger charge is 2.15. The number of hydrogen-bond acceptors (Lipinski definition) is 7. The molecule has 110 valence electrons.